The highest BCUT2D eigenvalue weighted by atomic mass is 16.5. The van der Waals surface area contributed by atoms with Crippen molar-refractivity contribution in [1.82, 2.24) is 10.2 Å². The maximum Gasteiger partial charge on any atom is 0.0594 e. The monoisotopic (exact) mass is 232 g/mol. The Kier molecular flexibility index (Phi) is 3.41. The highest BCUT2D eigenvalue weighted by Crippen LogP contribution is 2.17. The Morgan fingerprint density at radius 1 is 1.18 bits per heavy atom. The molecule has 1 saturated heterocycles. The Balaban J connectivity index is 1.70. The van der Waals surface area contributed by atoms with Crippen LogP contribution in [0.25, 0.3) is 0 Å². The minimum Gasteiger partial charge on any atom is -0.379 e. The molecule has 3 nitrogen and oxygen atoms in total. The second-order valence-electron chi connectivity index (χ2n) is 4.92. The van der Waals surface area contributed by atoms with Crippen molar-refractivity contribution in [3.63, 3.8) is 0 Å². The smallest absolute Gasteiger partial charge is 0.0594 e. The SMILES string of the molecule is c1cc2c(cc1CN1CCOCC1)CCNC2. The molecule has 0 amide bonds. The summed E-state index contributed by atoms with van der Waals surface area (Å²) in [6, 6.07) is 6.96. The standard InChI is InChI=1S/C14H20N2O/c1-2-14-10-15-4-3-13(14)9-12(1)11-16-5-7-17-8-6-16/h1-2,9,15H,3-8,10-11H2. The Labute approximate surface area is 103 Å². The number of fused-ring (bicyclic) bond motifs is 1. The lowest BCUT2D eigenvalue weighted by Gasteiger charge is -2.27. The normalized spacial score (nSPS) is 21.2. The lowest BCUT2D eigenvalue weighted by molar-refractivity contribution is 0.0342. The van der Waals surface area contributed by atoms with Crippen LogP contribution in [0.1, 0.15) is 16.7 Å². The first-order valence-electron chi connectivity index (χ1n) is 6.53. The van der Waals surface area contributed by atoms with Crippen molar-refractivity contribution < 1.29 is 4.74 Å². The molecule has 0 bridgehead atoms. The van der Waals surface area contributed by atoms with Gasteiger partial charge in [-0.2, -0.15) is 0 Å². The van der Waals surface area contributed by atoms with Crippen LogP contribution in [-0.4, -0.2) is 37.7 Å². The van der Waals surface area contributed by atoms with Gasteiger partial charge in [-0.25, -0.2) is 0 Å². The summed E-state index contributed by atoms with van der Waals surface area (Å²) in [6.45, 7) is 7.13. The van der Waals surface area contributed by atoms with Crippen molar-refractivity contribution in [2.24, 2.45) is 0 Å². The van der Waals surface area contributed by atoms with E-state index >= 15 is 0 Å². The molecule has 3 rings (SSSR count). The van der Waals surface area contributed by atoms with Gasteiger partial charge >= 0.3 is 0 Å². The molecule has 0 aromatic heterocycles. The third-order valence-electron chi connectivity index (χ3n) is 3.67. The summed E-state index contributed by atoms with van der Waals surface area (Å²) in [6.07, 6.45) is 1.17. The minimum atomic E-state index is 0.884. The molecular weight excluding hydrogens is 212 g/mol. The van der Waals surface area contributed by atoms with Crippen molar-refractivity contribution in [1.29, 1.82) is 0 Å². The number of ether oxygens (including phenoxy) is 1. The Morgan fingerprint density at radius 2 is 2.06 bits per heavy atom. The van der Waals surface area contributed by atoms with Gasteiger partial charge in [0.1, 0.15) is 0 Å². The summed E-state index contributed by atoms with van der Waals surface area (Å²) in [5, 5.41) is 3.41. The van der Waals surface area contributed by atoms with E-state index in [2.05, 4.69) is 28.4 Å². The maximum atomic E-state index is 5.38. The van der Waals surface area contributed by atoms with E-state index in [1.54, 1.807) is 0 Å². The van der Waals surface area contributed by atoms with Crippen LogP contribution in [-0.2, 0) is 24.2 Å². The largest absolute Gasteiger partial charge is 0.379 e. The van der Waals surface area contributed by atoms with Crippen molar-refractivity contribution in [3.05, 3.63) is 34.9 Å². The van der Waals surface area contributed by atoms with Crippen LogP contribution < -0.4 is 5.32 Å². The molecule has 0 spiro atoms. The van der Waals surface area contributed by atoms with Crippen LogP contribution in [0.4, 0.5) is 0 Å². The molecule has 1 aromatic carbocycles. The van der Waals surface area contributed by atoms with Crippen LogP contribution in [0.3, 0.4) is 0 Å². The molecular formula is C14H20N2O. The summed E-state index contributed by atoms with van der Waals surface area (Å²) < 4.78 is 5.38. The predicted molar refractivity (Wildman–Crippen MR) is 67.9 cm³/mol. The van der Waals surface area contributed by atoms with Gasteiger partial charge in [0.25, 0.3) is 0 Å². The van der Waals surface area contributed by atoms with E-state index in [1.165, 1.54) is 23.1 Å². The summed E-state index contributed by atoms with van der Waals surface area (Å²) in [4.78, 5) is 2.48. The molecule has 3 heteroatoms. The topological polar surface area (TPSA) is 24.5 Å². The maximum absolute atomic E-state index is 5.38. The van der Waals surface area contributed by atoms with Gasteiger partial charge in [0.2, 0.25) is 0 Å². The quantitative estimate of drug-likeness (QED) is 0.828. The first kappa shape index (κ1) is 11.2. The molecule has 1 fully saturated rings. The number of hydrogen-bond acceptors (Lipinski definition) is 3. The van der Waals surface area contributed by atoms with Gasteiger partial charge in [0, 0.05) is 26.2 Å². The molecule has 17 heavy (non-hydrogen) atoms. The van der Waals surface area contributed by atoms with Crippen molar-refractivity contribution in [2.45, 2.75) is 19.5 Å². The highest BCUT2D eigenvalue weighted by molar-refractivity contribution is 5.33. The Hall–Kier alpha value is -0.900. The van der Waals surface area contributed by atoms with E-state index < -0.39 is 0 Å². The lowest BCUT2D eigenvalue weighted by atomic mass is 9.98. The van der Waals surface area contributed by atoms with E-state index in [9.17, 15) is 0 Å². The van der Waals surface area contributed by atoms with E-state index in [0.717, 1.165) is 45.9 Å². The van der Waals surface area contributed by atoms with Crippen LogP contribution >= 0.6 is 0 Å². The second kappa shape index (κ2) is 5.17. The van der Waals surface area contributed by atoms with Crippen LogP contribution in [0, 0.1) is 0 Å². The summed E-state index contributed by atoms with van der Waals surface area (Å²) >= 11 is 0. The highest BCUT2D eigenvalue weighted by Gasteiger charge is 2.13. The zero-order valence-corrected chi connectivity index (χ0v) is 10.2. The fourth-order valence-electron chi connectivity index (χ4n) is 2.65. The van der Waals surface area contributed by atoms with Gasteiger partial charge in [0.05, 0.1) is 13.2 Å². The molecule has 2 heterocycles. The van der Waals surface area contributed by atoms with Crippen molar-refractivity contribution >= 4 is 0 Å². The van der Waals surface area contributed by atoms with Crippen molar-refractivity contribution in [3.8, 4) is 0 Å². The predicted octanol–water partition coefficient (Wildman–Crippen LogP) is 1.16. The third-order valence-corrected chi connectivity index (χ3v) is 3.67. The van der Waals surface area contributed by atoms with E-state index in [-0.39, 0.29) is 0 Å². The number of rotatable bonds is 2. The van der Waals surface area contributed by atoms with Gasteiger partial charge in [-0.3, -0.25) is 4.90 Å². The van der Waals surface area contributed by atoms with E-state index in [4.69, 9.17) is 4.74 Å². The number of nitrogens with one attached hydrogen (secondary N) is 1. The summed E-state index contributed by atoms with van der Waals surface area (Å²) in [7, 11) is 0. The lowest BCUT2D eigenvalue weighted by Crippen LogP contribution is -2.35. The molecule has 0 saturated carbocycles. The molecule has 2 aliphatic rings. The van der Waals surface area contributed by atoms with E-state index in [1.807, 2.05) is 0 Å². The van der Waals surface area contributed by atoms with Crippen molar-refractivity contribution in [2.75, 3.05) is 32.8 Å². The summed E-state index contributed by atoms with van der Waals surface area (Å²) in [5.41, 5.74) is 4.46. The molecule has 0 atom stereocenters. The number of nitrogens with zero attached hydrogens (tertiary/aromatic N) is 1. The molecule has 92 valence electrons. The Morgan fingerprint density at radius 3 is 2.94 bits per heavy atom. The van der Waals surface area contributed by atoms with Gasteiger partial charge in [-0.15, -0.1) is 0 Å². The molecule has 1 aromatic rings. The molecule has 0 unspecified atom stereocenters. The zero-order chi connectivity index (χ0) is 11.5. The first-order valence-corrected chi connectivity index (χ1v) is 6.53. The molecule has 0 aliphatic carbocycles. The van der Waals surface area contributed by atoms with Gasteiger partial charge < -0.3 is 10.1 Å². The molecule has 2 aliphatic heterocycles. The van der Waals surface area contributed by atoms with Gasteiger partial charge in [-0.05, 0) is 29.7 Å². The van der Waals surface area contributed by atoms with Crippen LogP contribution in [0.2, 0.25) is 0 Å². The average molecular weight is 232 g/mol. The van der Waals surface area contributed by atoms with Gasteiger partial charge in [-0.1, -0.05) is 18.2 Å². The molecule has 0 radical (unpaired) electrons. The Bertz CT molecular complexity index is 386. The fraction of sp³-hybridized carbons (Fsp3) is 0.571. The van der Waals surface area contributed by atoms with Gasteiger partial charge in [0.15, 0.2) is 0 Å². The third kappa shape index (κ3) is 2.68. The van der Waals surface area contributed by atoms with Crippen LogP contribution in [0.5, 0.6) is 0 Å². The summed E-state index contributed by atoms with van der Waals surface area (Å²) in [5.74, 6) is 0. The number of hydrogen-bond donors (Lipinski definition) is 1. The number of morpholine rings is 1. The number of benzene rings is 1. The second-order valence-corrected chi connectivity index (χ2v) is 4.92. The zero-order valence-electron chi connectivity index (χ0n) is 10.2. The first-order chi connectivity index (χ1) is 8.42. The average Bonchev–Trinajstić information content (AvgIpc) is 2.40. The van der Waals surface area contributed by atoms with Crippen LogP contribution in [0.15, 0.2) is 18.2 Å². The minimum absolute atomic E-state index is 0.884. The van der Waals surface area contributed by atoms with E-state index in [0.29, 0.717) is 0 Å². The molecule has 1 N–H and O–H groups in total. The fourth-order valence-corrected chi connectivity index (χ4v) is 2.65.